The molecule has 162 valence electrons. The monoisotopic (exact) mass is 538 g/mol. The van der Waals surface area contributed by atoms with E-state index >= 15 is 0 Å². The molecule has 6 unspecified atom stereocenters. The van der Waals surface area contributed by atoms with E-state index in [9.17, 15) is 0 Å². The summed E-state index contributed by atoms with van der Waals surface area (Å²) in [7, 11) is -0.0379. The van der Waals surface area contributed by atoms with Crippen molar-refractivity contribution in [3.8, 4) is 0 Å². The largest absolute Gasteiger partial charge is 1.00 e. The van der Waals surface area contributed by atoms with E-state index in [4.69, 9.17) is 0 Å². The summed E-state index contributed by atoms with van der Waals surface area (Å²) in [6.07, 6.45) is 17.9. The molecule has 30 heavy (non-hydrogen) atoms. The molecule has 1 aromatic rings. The summed E-state index contributed by atoms with van der Waals surface area (Å²) in [5.74, 6) is 1.69. The van der Waals surface area contributed by atoms with Crippen LogP contribution < -0.4 is 24.8 Å². The Morgan fingerprint density at radius 3 is 2.33 bits per heavy atom. The molecule has 3 aliphatic rings. The summed E-state index contributed by atoms with van der Waals surface area (Å²) >= 11 is -0.569. The Kier molecular flexibility index (Phi) is 10.6. The fourth-order valence-electron chi connectivity index (χ4n) is 5.41. The van der Waals surface area contributed by atoms with Gasteiger partial charge in [-0.25, -0.2) is 0 Å². The van der Waals surface area contributed by atoms with Gasteiger partial charge in [0.1, 0.15) is 0 Å². The summed E-state index contributed by atoms with van der Waals surface area (Å²) in [5.41, 5.74) is 4.94. The van der Waals surface area contributed by atoms with Crippen LogP contribution >= 0.6 is 7.92 Å². The number of rotatable bonds is 7. The molecule has 0 N–H and O–H groups in total. The van der Waals surface area contributed by atoms with Gasteiger partial charge in [0.25, 0.3) is 0 Å². The molecule has 6 atom stereocenters. The van der Waals surface area contributed by atoms with Crippen molar-refractivity contribution in [2.24, 2.45) is 11.8 Å². The van der Waals surface area contributed by atoms with E-state index in [-0.39, 0.29) is 32.7 Å². The van der Waals surface area contributed by atoms with Crippen molar-refractivity contribution in [1.29, 1.82) is 0 Å². The van der Waals surface area contributed by atoms with Gasteiger partial charge in [0.05, 0.1) is 0 Å². The zero-order chi connectivity index (χ0) is 19.7. The fraction of sp³-hybridized carbons (Fsp3) is 0.538. The van der Waals surface area contributed by atoms with Gasteiger partial charge in [-0.1, -0.05) is 0 Å². The van der Waals surface area contributed by atoms with Gasteiger partial charge < -0.3 is 24.8 Å². The predicted octanol–water partition coefficient (Wildman–Crippen LogP) is 2.19. The van der Waals surface area contributed by atoms with Crippen molar-refractivity contribution in [2.45, 2.75) is 71.9 Å². The van der Waals surface area contributed by atoms with Gasteiger partial charge >= 0.3 is 186 Å². The van der Waals surface area contributed by atoms with Crippen molar-refractivity contribution < 1.29 is 48.0 Å². The minimum Gasteiger partial charge on any atom is -1.00 e. The Hall–Kier alpha value is 0.333. The fourth-order valence-corrected chi connectivity index (χ4v) is 15.4. The first kappa shape index (κ1) is 26.6. The maximum atomic E-state index is 2.66. The van der Waals surface area contributed by atoms with Crippen LogP contribution in [-0.2, 0) is 23.2 Å². The van der Waals surface area contributed by atoms with Crippen LogP contribution in [0.3, 0.4) is 0 Å². The zero-order valence-electron chi connectivity index (χ0n) is 18.7. The van der Waals surface area contributed by atoms with Crippen LogP contribution in [-0.4, -0.2) is 11.3 Å². The number of fused-ring (bicyclic) bond motifs is 2. The molecule has 0 amide bonds. The van der Waals surface area contributed by atoms with Crippen LogP contribution in [0, 0.1) is 11.8 Å². The zero-order valence-corrected chi connectivity index (χ0v) is 23.6. The van der Waals surface area contributed by atoms with E-state index < -0.39 is 23.2 Å². The second kappa shape index (κ2) is 12.0. The van der Waals surface area contributed by atoms with Gasteiger partial charge in [0.2, 0.25) is 0 Å². The van der Waals surface area contributed by atoms with Gasteiger partial charge in [0, 0.05) is 0 Å². The van der Waals surface area contributed by atoms with Crippen LogP contribution in [0.5, 0.6) is 0 Å². The van der Waals surface area contributed by atoms with Crippen molar-refractivity contribution in [3.63, 3.8) is 0 Å². The summed E-state index contributed by atoms with van der Waals surface area (Å²) in [4.78, 5) is 0. The van der Waals surface area contributed by atoms with E-state index in [1.807, 2.05) is 5.31 Å². The Bertz CT molecular complexity index is 777. The van der Waals surface area contributed by atoms with Crippen LogP contribution in [0.25, 0.3) is 6.08 Å². The third-order valence-corrected chi connectivity index (χ3v) is 16.6. The molecular weight excluding hydrogens is 505 g/mol. The molecule has 1 saturated carbocycles. The molecule has 1 aromatic carbocycles. The molecule has 0 radical (unpaired) electrons. The quantitative estimate of drug-likeness (QED) is 0.466. The maximum Gasteiger partial charge on any atom is -1.00 e. The summed E-state index contributed by atoms with van der Waals surface area (Å²) < 4.78 is 1.84. The smallest absolute Gasteiger partial charge is 1.00 e. The molecule has 0 aromatic heterocycles. The van der Waals surface area contributed by atoms with Crippen LogP contribution in [0.2, 0.25) is 3.63 Å². The number of benzene rings is 1. The standard InChI is InChI=1S/C17H24P.C9H11.2ClH.Zr/c1-5-13(3)18(14(4)6-2)17-11-15-9-7-8-10-16(15)12-17;1-2-5-9-7-3-6-8(9)4-1;;;/h7-14H,5-6H2,1-4H3;1-2,4-6,8-9H,3,7H2;2*1H;/q;;;;+2/p-2. The van der Waals surface area contributed by atoms with Gasteiger partial charge in [-0.3, -0.25) is 0 Å². The van der Waals surface area contributed by atoms with Crippen LogP contribution in [0.15, 0.2) is 53.9 Å². The van der Waals surface area contributed by atoms with Crippen molar-refractivity contribution >= 4 is 14.0 Å². The Labute approximate surface area is 209 Å². The average Bonchev–Trinajstić information content (AvgIpc) is 3.30. The first-order valence-electron chi connectivity index (χ1n) is 11.3. The summed E-state index contributed by atoms with van der Waals surface area (Å²) in [6.45, 7) is 9.87. The normalized spacial score (nSPS) is 28.9. The minimum absolute atomic E-state index is 0. The molecular formula is C26H35Cl2PZr. The second-order valence-electron chi connectivity index (χ2n) is 8.91. The first-order valence-corrected chi connectivity index (χ1v) is 15.7. The minimum atomic E-state index is -0.569. The number of halogens is 2. The molecule has 4 rings (SSSR count). The van der Waals surface area contributed by atoms with E-state index in [2.05, 4.69) is 82.3 Å². The van der Waals surface area contributed by atoms with Gasteiger partial charge in [-0.05, 0) is 0 Å². The van der Waals surface area contributed by atoms with Crippen molar-refractivity contribution in [3.05, 3.63) is 65.0 Å². The molecule has 0 spiro atoms. The predicted molar refractivity (Wildman–Crippen MR) is 122 cm³/mol. The summed E-state index contributed by atoms with van der Waals surface area (Å²) in [5, 5.41) is 1.89. The van der Waals surface area contributed by atoms with Gasteiger partial charge in [-0.15, -0.1) is 0 Å². The number of hydrogen-bond donors (Lipinski definition) is 0. The Balaban J connectivity index is 0.00000160. The molecule has 0 heterocycles. The van der Waals surface area contributed by atoms with Gasteiger partial charge in [0.15, 0.2) is 0 Å². The van der Waals surface area contributed by atoms with Crippen molar-refractivity contribution in [1.82, 2.24) is 0 Å². The second-order valence-corrected chi connectivity index (χ2v) is 16.1. The molecule has 0 aliphatic heterocycles. The molecule has 0 bridgehead atoms. The topological polar surface area (TPSA) is 0 Å². The van der Waals surface area contributed by atoms with E-state index in [1.165, 1.54) is 25.7 Å². The van der Waals surface area contributed by atoms with E-state index in [0.29, 0.717) is 0 Å². The van der Waals surface area contributed by atoms with E-state index in [0.717, 1.165) is 30.4 Å². The first-order chi connectivity index (χ1) is 13.6. The molecule has 4 heteroatoms. The SMILES string of the molecule is CCC(C)P(C1=Cc2ccccc2[CH]1[Zr+2][CH]1CCC2C=CC=CC21)C(C)CC.[Cl-].[Cl-]. The Morgan fingerprint density at radius 2 is 1.63 bits per heavy atom. The molecule has 0 saturated heterocycles. The third kappa shape index (κ3) is 5.28. The third-order valence-electron chi connectivity index (χ3n) is 7.29. The Morgan fingerprint density at radius 1 is 0.967 bits per heavy atom. The van der Waals surface area contributed by atoms with Gasteiger partial charge in [-0.2, -0.15) is 0 Å². The average molecular weight is 541 g/mol. The molecule has 1 fully saturated rings. The molecule has 3 aliphatic carbocycles. The summed E-state index contributed by atoms with van der Waals surface area (Å²) in [6, 6.07) is 9.39. The maximum absolute atomic E-state index is 2.66. The van der Waals surface area contributed by atoms with Crippen LogP contribution in [0.1, 0.15) is 68.1 Å². The molecule has 0 nitrogen and oxygen atoms in total. The number of hydrogen-bond acceptors (Lipinski definition) is 0. The van der Waals surface area contributed by atoms with E-state index in [1.54, 1.807) is 11.1 Å². The van der Waals surface area contributed by atoms with Crippen molar-refractivity contribution in [2.75, 3.05) is 0 Å². The van der Waals surface area contributed by atoms with Crippen LogP contribution in [0.4, 0.5) is 0 Å². The number of allylic oxidation sites excluding steroid dienone is 5.